The maximum Gasteiger partial charge on any atom is 0.254 e. The molecule has 2 aromatic carbocycles. The Morgan fingerprint density at radius 1 is 0.962 bits per heavy atom. The lowest BCUT2D eigenvalue weighted by Gasteiger charge is -2.35. The smallest absolute Gasteiger partial charge is 0.254 e. The Morgan fingerprint density at radius 3 is 2.23 bits per heavy atom. The number of benzene rings is 2. The van der Waals surface area contributed by atoms with Crippen LogP contribution in [0.25, 0.3) is 0 Å². The number of methoxy groups -OCH3 is 1. The van der Waals surface area contributed by atoms with Gasteiger partial charge in [-0.2, -0.15) is 0 Å². The molecule has 1 fully saturated rings. The second-order valence-corrected chi connectivity index (χ2v) is 6.18. The molecule has 0 bridgehead atoms. The maximum absolute atomic E-state index is 13.5. The summed E-state index contributed by atoms with van der Waals surface area (Å²) in [6, 6.07) is 7.18. The monoisotopic (exact) mass is 364 g/mol. The summed E-state index contributed by atoms with van der Waals surface area (Å²) in [6.07, 6.45) is 0. The number of hydrogen-bond acceptors (Lipinski definition) is 3. The van der Waals surface area contributed by atoms with E-state index in [1.807, 2.05) is 0 Å². The molecule has 0 N–H and O–H groups in total. The summed E-state index contributed by atoms with van der Waals surface area (Å²) in [7, 11) is 1.53. The minimum absolute atomic E-state index is 0.00255. The molecule has 1 aliphatic heterocycles. The number of carbonyl (C=O) groups is 1. The minimum Gasteiger partial charge on any atom is -0.496 e. The topological polar surface area (TPSA) is 32.8 Å². The van der Waals surface area contributed by atoms with Gasteiger partial charge in [0.1, 0.15) is 23.2 Å². The van der Waals surface area contributed by atoms with E-state index in [1.54, 1.807) is 11.0 Å². The molecule has 0 aromatic heterocycles. The van der Waals surface area contributed by atoms with Crippen LogP contribution in [0.3, 0.4) is 0 Å². The Morgan fingerprint density at radius 2 is 1.62 bits per heavy atom. The van der Waals surface area contributed by atoms with Crippen LogP contribution in [0.5, 0.6) is 5.75 Å². The lowest BCUT2D eigenvalue weighted by molar-refractivity contribution is 0.0626. The third-order valence-electron chi connectivity index (χ3n) is 4.41. The van der Waals surface area contributed by atoms with Crippen molar-refractivity contribution in [3.8, 4) is 5.75 Å². The quantitative estimate of drug-likeness (QED) is 0.836. The summed E-state index contributed by atoms with van der Waals surface area (Å²) in [6.45, 7) is 2.49. The van der Waals surface area contributed by atoms with Gasteiger partial charge in [0, 0.05) is 49.9 Å². The molecular formula is C19H19F3N2O2. The number of hydrogen-bond donors (Lipinski definition) is 0. The van der Waals surface area contributed by atoms with Crippen LogP contribution >= 0.6 is 0 Å². The molecule has 3 rings (SSSR count). The van der Waals surface area contributed by atoms with E-state index in [-0.39, 0.29) is 11.4 Å². The molecule has 2 aromatic rings. The van der Waals surface area contributed by atoms with Gasteiger partial charge in [-0.25, -0.2) is 13.2 Å². The van der Waals surface area contributed by atoms with Gasteiger partial charge in [0.05, 0.1) is 7.11 Å². The zero-order valence-electron chi connectivity index (χ0n) is 14.3. The first-order chi connectivity index (χ1) is 12.5. The lowest BCUT2D eigenvalue weighted by atomic mass is 10.1. The predicted molar refractivity (Wildman–Crippen MR) is 90.5 cm³/mol. The van der Waals surface area contributed by atoms with Crippen molar-refractivity contribution < 1.29 is 22.7 Å². The number of carbonyl (C=O) groups excluding carboxylic acids is 1. The average Bonchev–Trinajstić information content (AvgIpc) is 2.61. The van der Waals surface area contributed by atoms with Crippen LogP contribution in [-0.4, -0.2) is 49.0 Å². The molecule has 26 heavy (non-hydrogen) atoms. The SMILES string of the molecule is COc1ccc(F)cc1CN1CCN(C(=O)c2cc(F)cc(F)c2)CC1. The van der Waals surface area contributed by atoms with E-state index in [1.165, 1.54) is 19.2 Å². The Hall–Kier alpha value is -2.54. The van der Waals surface area contributed by atoms with E-state index < -0.39 is 17.5 Å². The van der Waals surface area contributed by atoms with Crippen molar-refractivity contribution in [3.05, 3.63) is 65.0 Å². The third-order valence-corrected chi connectivity index (χ3v) is 4.41. The molecule has 1 aliphatic rings. The van der Waals surface area contributed by atoms with Crippen LogP contribution < -0.4 is 4.74 Å². The Labute approximate surface area is 149 Å². The average molecular weight is 364 g/mol. The summed E-state index contributed by atoms with van der Waals surface area (Å²) < 4.78 is 45.3. The van der Waals surface area contributed by atoms with Crippen molar-refractivity contribution in [1.82, 2.24) is 9.80 Å². The van der Waals surface area contributed by atoms with E-state index in [4.69, 9.17) is 4.74 Å². The number of halogens is 3. The molecule has 1 amide bonds. The number of piperazine rings is 1. The molecule has 0 saturated carbocycles. The van der Waals surface area contributed by atoms with Crippen molar-refractivity contribution in [1.29, 1.82) is 0 Å². The van der Waals surface area contributed by atoms with Crippen molar-refractivity contribution in [3.63, 3.8) is 0 Å². The standard InChI is InChI=1S/C19H19F3N2O2/c1-26-18-3-2-15(20)10-14(18)12-23-4-6-24(7-5-23)19(25)13-8-16(21)11-17(22)9-13/h2-3,8-11H,4-7,12H2,1H3. The fourth-order valence-corrected chi connectivity index (χ4v) is 3.08. The maximum atomic E-state index is 13.5. The Bertz CT molecular complexity index is 785. The molecule has 7 heteroatoms. The second-order valence-electron chi connectivity index (χ2n) is 6.18. The van der Waals surface area contributed by atoms with E-state index in [0.717, 1.165) is 23.8 Å². The van der Waals surface area contributed by atoms with Crippen LogP contribution in [0, 0.1) is 17.5 Å². The van der Waals surface area contributed by atoms with Gasteiger partial charge in [-0.05, 0) is 30.3 Å². The van der Waals surface area contributed by atoms with Crippen molar-refractivity contribution >= 4 is 5.91 Å². The first-order valence-corrected chi connectivity index (χ1v) is 8.26. The molecule has 0 atom stereocenters. The summed E-state index contributed by atoms with van der Waals surface area (Å²) in [5, 5.41) is 0. The number of amides is 1. The highest BCUT2D eigenvalue weighted by Crippen LogP contribution is 2.22. The molecular weight excluding hydrogens is 345 g/mol. The minimum atomic E-state index is -0.773. The summed E-state index contributed by atoms with van der Waals surface area (Å²) in [5.41, 5.74) is 0.738. The second kappa shape index (κ2) is 7.78. The Balaban J connectivity index is 1.62. The molecule has 0 aliphatic carbocycles. The molecule has 0 spiro atoms. The van der Waals surface area contributed by atoms with Gasteiger partial charge >= 0.3 is 0 Å². The van der Waals surface area contributed by atoms with Crippen molar-refractivity contribution in [2.75, 3.05) is 33.3 Å². The zero-order chi connectivity index (χ0) is 18.7. The molecule has 4 nitrogen and oxygen atoms in total. The van der Waals surface area contributed by atoms with Gasteiger partial charge in [0.25, 0.3) is 5.91 Å². The molecule has 138 valence electrons. The normalized spacial score (nSPS) is 15.2. The van der Waals surface area contributed by atoms with E-state index in [2.05, 4.69) is 4.90 Å². The fraction of sp³-hybridized carbons (Fsp3) is 0.316. The number of ether oxygens (including phenoxy) is 1. The summed E-state index contributed by atoms with van der Waals surface area (Å²) in [5.74, 6) is -1.66. The number of rotatable bonds is 4. The van der Waals surface area contributed by atoms with Crippen LogP contribution in [0.2, 0.25) is 0 Å². The first-order valence-electron chi connectivity index (χ1n) is 8.26. The van der Waals surface area contributed by atoms with Crippen LogP contribution in [0.1, 0.15) is 15.9 Å². The largest absolute Gasteiger partial charge is 0.496 e. The highest BCUT2D eigenvalue weighted by Gasteiger charge is 2.23. The molecule has 1 saturated heterocycles. The van der Waals surface area contributed by atoms with E-state index in [9.17, 15) is 18.0 Å². The third kappa shape index (κ3) is 4.16. The highest BCUT2D eigenvalue weighted by molar-refractivity contribution is 5.94. The summed E-state index contributed by atoms with van der Waals surface area (Å²) >= 11 is 0. The lowest BCUT2D eigenvalue weighted by Crippen LogP contribution is -2.48. The molecule has 0 unspecified atom stereocenters. The van der Waals surface area contributed by atoms with Crippen LogP contribution in [0.15, 0.2) is 36.4 Å². The van der Waals surface area contributed by atoms with Crippen LogP contribution in [-0.2, 0) is 6.54 Å². The van der Waals surface area contributed by atoms with Gasteiger partial charge in [-0.3, -0.25) is 9.69 Å². The number of nitrogens with zero attached hydrogens (tertiary/aromatic N) is 2. The highest BCUT2D eigenvalue weighted by atomic mass is 19.1. The van der Waals surface area contributed by atoms with E-state index in [0.29, 0.717) is 38.5 Å². The summed E-state index contributed by atoms with van der Waals surface area (Å²) in [4.78, 5) is 16.1. The van der Waals surface area contributed by atoms with Gasteiger partial charge < -0.3 is 9.64 Å². The van der Waals surface area contributed by atoms with Crippen molar-refractivity contribution in [2.24, 2.45) is 0 Å². The predicted octanol–water partition coefficient (Wildman–Crippen LogP) is 3.07. The molecule has 1 heterocycles. The van der Waals surface area contributed by atoms with E-state index >= 15 is 0 Å². The van der Waals surface area contributed by atoms with Gasteiger partial charge in [0.15, 0.2) is 0 Å². The van der Waals surface area contributed by atoms with Crippen LogP contribution in [0.4, 0.5) is 13.2 Å². The zero-order valence-corrected chi connectivity index (χ0v) is 14.3. The fourth-order valence-electron chi connectivity index (χ4n) is 3.08. The van der Waals surface area contributed by atoms with Crippen molar-refractivity contribution in [2.45, 2.75) is 6.54 Å². The van der Waals surface area contributed by atoms with Gasteiger partial charge in [-0.1, -0.05) is 0 Å². The molecule has 0 radical (unpaired) electrons. The van der Waals surface area contributed by atoms with Gasteiger partial charge in [0.2, 0.25) is 0 Å². The Kier molecular flexibility index (Phi) is 5.46. The van der Waals surface area contributed by atoms with Gasteiger partial charge in [-0.15, -0.1) is 0 Å². The first kappa shape index (κ1) is 18.3.